The first-order valence-corrected chi connectivity index (χ1v) is 7.96. The molecule has 2 atom stereocenters. The van der Waals surface area contributed by atoms with E-state index < -0.39 is 0 Å². The molecule has 1 aliphatic rings. The van der Waals surface area contributed by atoms with E-state index in [4.69, 9.17) is 4.74 Å². The van der Waals surface area contributed by atoms with Gasteiger partial charge in [-0.1, -0.05) is 17.6 Å². The van der Waals surface area contributed by atoms with E-state index in [9.17, 15) is 4.79 Å². The van der Waals surface area contributed by atoms with Gasteiger partial charge in [-0.25, -0.2) is 4.79 Å². The summed E-state index contributed by atoms with van der Waals surface area (Å²) in [6, 6.07) is 0. The highest BCUT2D eigenvalue weighted by molar-refractivity contribution is 5.82. The van der Waals surface area contributed by atoms with Crippen LogP contribution < -0.4 is 0 Å². The summed E-state index contributed by atoms with van der Waals surface area (Å²) in [5, 5.41) is 0. The van der Waals surface area contributed by atoms with Gasteiger partial charge in [0, 0.05) is 6.08 Å². The van der Waals surface area contributed by atoms with Crippen LogP contribution in [0.25, 0.3) is 0 Å². The molecule has 1 saturated heterocycles. The largest absolute Gasteiger partial charge is 0.466 e. The molecule has 0 aromatic rings. The van der Waals surface area contributed by atoms with Gasteiger partial charge in [0.15, 0.2) is 0 Å². The highest BCUT2D eigenvalue weighted by Crippen LogP contribution is 2.40. The maximum atomic E-state index is 11.1. The zero-order valence-electron chi connectivity index (χ0n) is 14.5. The number of rotatable bonds is 8. The molecule has 0 N–H and O–H groups in total. The van der Waals surface area contributed by atoms with Crippen LogP contribution in [0.1, 0.15) is 59.8 Å². The molecule has 1 aliphatic heterocycles. The van der Waals surface area contributed by atoms with Crippen molar-refractivity contribution in [3.63, 3.8) is 0 Å². The van der Waals surface area contributed by atoms with Gasteiger partial charge < -0.3 is 9.47 Å². The molecule has 22 heavy (non-hydrogen) atoms. The molecule has 0 radical (unpaired) electrons. The molecule has 0 aromatic carbocycles. The highest BCUT2D eigenvalue weighted by atomic mass is 16.6. The zero-order valence-corrected chi connectivity index (χ0v) is 14.5. The first kappa shape index (κ1) is 18.5. The number of hydrogen-bond acceptors (Lipinski definition) is 3. The summed E-state index contributed by atoms with van der Waals surface area (Å²) in [5.74, 6) is 5.88. The number of allylic oxidation sites excluding steroid dienone is 3. The summed E-state index contributed by atoms with van der Waals surface area (Å²) >= 11 is 0. The minimum atomic E-state index is -0.290. The predicted octanol–water partition coefficient (Wildman–Crippen LogP) is 4.18. The molecule has 0 spiro atoms. The molecule has 3 nitrogen and oxygen atoms in total. The molecule has 0 amide bonds. The number of carbonyl (C=O) groups is 1. The number of esters is 1. The fraction of sp³-hybridized carbons (Fsp3) is 0.632. The van der Waals surface area contributed by atoms with E-state index in [2.05, 4.69) is 36.5 Å². The lowest BCUT2D eigenvalue weighted by Gasteiger charge is -2.06. The van der Waals surface area contributed by atoms with Gasteiger partial charge in [0.05, 0.1) is 18.8 Å². The lowest BCUT2D eigenvalue weighted by molar-refractivity contribution is -0.134. The Kier molecular flexibility index (Phi) is 7.41. The van der Waals surface area contributed by atoms with Crippen LogP contribution in [-0.2, 0) is 14.3 Å². The number of carbonyl (C=O) groups excluding carboxylic acids is 1. The van der Waals surface area contributed by atoms with Crippen molar-refractivity contribution in [3.8, 4) is 11.8 Å². The summed E-state index contributed by atoms with van der Waals surface area (Å²) in [6.45, 7) is 8.11. The molecule has 0 aliphatic carbocycles. The third-order valence-corrected chi connectivity index (χ3v) is 4.15. The second kappa shape index (κ2) is 8.80. The van der Waals surface area contributed by atoms with E-state index in [1.54, 1.807) is 6.08 Å². The monoisotopic (exact) mass is 304 g/mol. The molecule has 0 bridgehead atoms. The third-order valence-electron chi connectivity index (χ3n) is 4.15. The van der Waals surface area contributed by atoms with E-state index >= 15 is 0 Å². The molecule has 2 unspecified atom stereocenters. The van der Waals surface area contributed by atoms with Gasteiger partial charge >= 0.3 is 5.97 Å². The second-order valence-corrected chi connectivity index (χ2v) is 6.08. The number of hydrogen-bond donors (Lipinski definition) is 0. The molecular weight excluding hydrogens is 276 g/mol. The Balaban J connectivity index is 2.40. The first-order valence-electron chi connectivity index (χ1n) is 7.96. The zero-order chi connectivity index (χ0) is 16.6. The average molecular weight is 304 g/mol. The van der Waals surface area contributed by atoms with Gasteiger partial charge in [-0.2, -0.15) is 0 Å². The Morgan fingerprint density at radius 3 is 2.64 bits per heavy atom. The third kappa shape index (κ3) is 6.49. The van der Waals surface area contributed by atoms with Gasteiger partial charge in [-0.3, -0.25) is 0 Å². The SMILES string of the molecule is CC#CC(=CCCC(C)=CC(=O)OC)CCCC1(C)OC1C. The number of epoxide rings is 1. The van der Waals surface area contributed by atoms with Crippen molar-refractivity contribution in [2.45, 2.75) is 71.5 Å². The minimum absolute atomic E-state index is 0.0879. The maximum Gasteiger partial charge on any atom is 0.330 e. The van der Waals surface area contributed by atoms with Gasteiger partial charge in [-0.05, 0) is 65.4 Å². The van der Waals surface area contributed by atoms with Crippen molar-refractivity contribution in [1.29, 1.82) is 0 Å². The van der Waals surface area contributed by atoms with Crippen LogP contribution in [0, 0.1) is 11.8 Å². The Morgan fingerprint density at radius 2 is 2.09 bits per heavy atom. The Labute approximate surface area is 134 Å². The average Bonchev–Trinajstić information content (AvgIpc) is 3.05. The Bertz CT molecular complexity index is 505. The quantitative estimate of drug-likeness (QED) is 0.292. The van der Waals surface area contributed by atoms with Gasteiger partial charge in [0.1, 0.15) is 0 Å². The van der Waals surface area contributed by atoms with Gasteiger partial charge in [-0.15, -0.1) is 5.92 Å². The van der Waals surface area contributed by atoms with Gasteiger partial charge in [0.25, 0.3) is 0 Å². The van der Waals surface area contributed by atoms with Crippen LogP contribution in [0.15, 0.2) is 23.3 Å². The van der Waals surface area contributed by atoms with Crippen molar-refractivity contribution in [2.24, 2.45) is 0 Å². The fourth-order valence-electron chi connectivity index (χ4n) is 2.44. The van der Waals surface area contributed by atoms with E-state index in [1.807, 2.05) is 13.8 Å². The highest BCUT2D eigenvalue weighted by Gasteiger charge is 2.47. The van der Waals surface area contributed by atoms with Crippen LogP contribution in [-0.4, -0.2) is 24.8 Å². The maximum absolute atomic E-state index is 11.1. The van der Waals surface area contributed by atoms with E-state index in [1.165, 1.54) is 12.7 Å². The molecule has 3 heteroatoms. The van der Waals surface area contributed by atoms with Crippen molar-refractivity contribution >= 4 is 5.97 Å². The van der Waals surface area contributed by atoms with Crippen molar-refractivity contribution < 1.29 is 14.3 Å². The van der Waals surface area contributed by atoms with Crippen LogP contribution in [0.5, 0.6) is 0 Å². The normalized spacial score (nSPS) is 24.5. The first-order chi connectivity index (χ1) is 10.4. The van der Waals surface area contributed by atoms with Crippen LogP contribution in [0.3, 0.4) is 0 Å². The smallest absolute Gasteiger partial charge is 0.330 e. The molecular formula is C19H28O3. The van der Waals surface area contributed by atoms with Crippen molar-refractivity contribution in [3.05, 3.63) is 23.3 Å². The van der Waals surface area contributed by atoms with Crippen LogP contribution in [0.2, 0.25) is 0 Å². The molecule has 1 heterocycles. The summed E-state index contributed by atoms with van der Waals surface area (Å²) in [7, 11) is 1.39. The van der Waals surface area contributed by atoms with E-state index in [0.717, 1.165) is 37.7 Å². The van der Waals surface area contributed by atoms with Gasteiger partial charge in [0.2, 0.25) is 0 Å². The summed E-state index contributed by atoms with van der Waals surface area (Å²) in [5.41, 5.74) is 2.30. The molecule has 0 aromatic heterocycles. The van der Waals surface area contributed by atoms with E-state index in [-0.39, 0.29) is 11.6 Å². The number of methoxy groups -OCH3 is 1. The molecule has 1 rings (SSSR count). The minimum Gasteiger partial charge on any atom is -0.466 e. The predicted molar refractivity (Wildman–Crippen MR) is 89.3 cm³/mol. The molecule has 122 valence electrons. The molecule has 1 fully saturated rings. The number of ether oxygens (including phenoxy) is 2. The summed E-state index contributed by atoms with van der Waals surface area (Å²) < 4.78 is 10.2. The summed E-state index contributed by atoms with van der Waals surface area (Å²) in [6.07, 6.45) is 9.04. The van der Waals surface area contributed by atoms with Crippen LogP contribution in [0.4, 0.5) is 0 Å². The standard InChI is InChI=1S/C19H28O3/c1-6-9-17(12-8-13-19(4)16(3)22-19)11-7-10-15(2)14-18(20)21-5/h11,14,16H,7-8,10,12-13H2,1-5H3. The van der Waals surface area contributed by atoms with E-state index in [0.29, 0.717) is 6.10 Å². The lowest BCUT2D eigenvalue weighted by atomic mass is 9.98. The fourth-order valence-corrected chi connectivity index (χ4v) is 2.44. The Hall–Kier alpha value is -1.53. The lowest BCUT2D eigenvalue weighted by Crippen LogP contribution is -2.07. The Morgan fingerprint density at radius 1 is 1.41 bits per heavy atom. The van der Waals surface area contributed by atoms with Crippen molar-refractivity contribution in [2.75, 3.05) is 7.11 Å². The van der Waals surface area contributed by atoms with Crippen molar-refractivity contribution in [1.82, 2.24) is 0 Å². The topological polar surface area (TPSA) is 38.8 Å². The summed E-state index contributed by atoms with van der Waals surface area (Å²) in [4.78, 5) is 11.1. The second-order valence-electron chi connectivity index (χ2n) is 6.08. The molecule has 0 saturated carbocycles. The van der Waals surface area contributed by atoms with Crippen LogP contribution >= 0.6 is 0 Å².